The van der Waals surface area contributed by atoms with E-state index in [-0.39, 0.29) is 0 Å². The summed E-state index contributed by atoms with van der Waals surface area (Å²) in [7, 11) is -1.87. The predicted molar refractivity (Wildman–Crippen MR) is 51.8 cm³/mol. The zero-order valence-corrected chi connectivity index (χ0v) is 8.85. The maximum atomic E-state index is 5.65. The fraction of sp³-hybridized carbons (Fsp3) is 0.556. The smallest absolute Gasteiger partial charge is 0.459 e. The normalized spacial score (nSPS) is 19.2. The zero-order valence-electron chi connectivity index (χ0n) is 7.85. The van der Waals surface area contributed by atoms with E-state index in [1.807, 2.05) is 13.8 Å². The van der Waals surface area contributed by atoms with Gasteiger partial charge in [-0.2, -0.15) is 0 Å². The molecule has 0 aromatic heterocycles. The first-order valence-corrected chi connectivity index (χ1v) is 6.46. The molecule has 0 spiro atoms. The Labute approximate surface area is 75.1 Å². The lowest BCUT2D eigenvalue weighted by Gasteiger charge is -2.37. The third kappa shape index (κ3) is 2.14. The summed E-state index contributed by atoms with van der Waals surface area (Å²) in [5.41, 5.74) is 0. The topological polar surface area (TPSA) is 18.5 Å². The molecule has 1 fully saturated rings. The summed E-state index contributed by atoms with van der Waals surface area (Å²) < 4.78 is 11.3. The molecule has 0 saturated carbocycles. The van der Waals surface area contributed by atoms with Crippen LogP contribution < -0.4 is 0 Å². The van der Waals surface area contributed by atoms with Gasteiger partial charge < -0.3 is 8.85 Å². The second-order valence-corrected chi connectivity index (χ2v) is 6.60. The Morgan fingerprint density at radius 3 is 1.67 bits per heavy atom. The predicted octanol–water partition coefficient (Wildman–Crippen LogP) is 2.93. The van der Waals surface area contributed by atoms with Gasteiger partial charge in [0.05, 0.1) is 11.5 Å². The van der Waals surface area contributed by atoms with E-state index in [9.17, 15) is 0 Å². The van der Waals surface area contributed by atoms with E-state index in [2.05, 4.69) is 13.2 Å². The second-order valence-electron chi connectivity index (χ2n) is 3.37. The highest BCUT2D eigenvalue weighted by Crippen LogP contribution is 2.36. The molecule has 0 aromatic rings. The summed E-state index contributed by atoms with van der Waals surface area (Å²) in [6, 6.07) is 2.15. The molecule has 0 amide bonds. The van der Waals surface area contributed by atoms with E-state index >= 15 is 0 Å². The van der Waals surface area contributed by atoms with Crippen LogP contribution in [0.25, 0.3) is 0 Å². The summed E-state index contributed by atoms with van der Waals surface area (Å²) in [6.45, 7) is 11.2. The number of rotatable bonds is 4. The monoisotopic (exact) mass is 184 g/mol. The van der Waals surface area contributed by atoms with Crippen LogP contribution >= 0.6 is 0 Å². The molecule has 1 rings (SSSR count). The van der Waals surface area contributed by atoms with E-state index in [4.69, 9.17) is 8.85 Å². The van der Waals surface area contributed by atoms with Crippen LogP contribution in [-0.4, -0.2) is 8.56 Å². The average molecular weight is 184 g/mol. The van der Waals surface area contributed by atoms with Crippen molar-refractivity contribution in [3.8, 4) is 0 Å². The van der Waals surface area contributed by atoms with Gasteiger partial charge in [0.15, 0.2) is 0 Å². The molecule has 0 N–H and O–H groups in total. The fourth-order valence-electron chi connectivity index (χ4n) is 1.33. The van der Waals surface area contributed by atoms with Crippen molar-refractivity contribution in [2.24, 2.45) is 0 Å². The van der Waals surface area contributed by atoms with Crippen LogP contribution in [0.5, 0.6) is 0 Å². The largest absolute Gasteiger partial charge is 0.517 e. The molecule has 12 heavy (non-hydrogen) atoms. The Morgan fingerprint density at radius 2 is 1.50 bits per heavy atom. The van der Waals surface area contributed by atoms with E-state index in [1.165, 1.54) is 6.42 Å². The Kier molecular flexibility index (Phi) is 2.62. The SMILES string of the molecule is C=C(C)O[Si]1(OC(=C)C)CCC1. The van der Waals surface area contributed by atoms with Gasteiger partial charge in [0.2, 0.25) is 0 Å². The van der Waals surface area contributed by atoms with Crippen molar-refractivity contribution in [2.75, 3.05) is 0 Å². The lowest BCUT2D eigenvalue weighted by molar-refractivity contribution is 0.241. The van der Waals surface area contributed by atoms with Gasteiger partial charge in [-0.1, -0.05) is 13.2 Å². The molecule has 68 valence electrons. The van der Waals surface area contributed by atoms with Gasteiger partial charge in [-0.25, -0.2) is 0 Å². The van der Waals surface area contributed by atoms with Crippen molar-refractivity contribution in [2.45, 2.75) is 32.4 Å². The van der Waals surface area contributed by atoms with E-state index < -0.39 is 8.56 Å². The summed E-state index contributed by atoms with van der Waals surface area (Å²) in [4.78, 5) is 0. The van der Waals surface area contributed by atoms with Crippen LogP contribution in [-0.2, 0) is 8.85 Å². The van der Waals surface area contributed by atoms with Crippen molar-refractivity contribution < 1.29 is 8.85 Å². The maximum absolute atomic E-state index is 5.65. The molecule has 3 heteroatoms. The molecule has 1 aliphatic heterocycles. The highest BCUT2D eigenvalue weighted by molar-refractivity contribution is 6.70. The minimum atomic E-state index is -1.87. The third-order valence-electron chi connectivity index (χ3n) is 1.84. The van der Waals surface area contributed by atoms with Crippen molar-refractivity contribution >= 4 is 8.56 Å². The molecule has 1 heterocycles. The Hall–Kier alpha value is -0.703. The van der Waals surface area contributed by atoms with Crippen LogP contribution in [0.15, 0.2) is 24.7 Å². The van der Waals surface area contributed by atoms with Crippen molar-refractivity contribution in [1.82, 2.24) is 0 Å². The first-order valence-electron chi connectivity index (χ1n) is 4.23. The third-order valence-corrected chi connectivity index (χ3v) is 5.51. The van der Waals surface area contributed by atoms with E-state index in [1.54, 1.807) is 0 Å². The van der Waals surface area contributed by atoms with Crippen LogP contribution in [0, 0.1) is 0 Å². The highest BCUT2D eigenvalue weighted by atomic mass is 28.4. The van der Waals surface area contributed by atoms with Gasteiger partial charge in [-0.05, 0) is 20.3 Å². The summed E-state index contributed by atoms with van der Waals surface area (Å²) >= 11 is 0. The lowest BCUT2D eigenvalue weighted by atomic mass is 10.5. The summed E-state index contributed by atoms with van der Waals surface area (Å²) in [6.07, 6.45) is 1.22. The molecule has 0 bridgehead atoms. The second kappa shape index (κ2) is 3.35. The van der Waals surface area contributed by atoms with Gasteiger partial charge in [0, 0.05) is 12.1 Å². The molecule has 2 nitrogen and oxygen atoms in total. The molecule has 0 atom stereocenters. The molecule has 0 aromatic carbocycles. The molecule has 0 aliphatic carbocycles. The van der Waals surface area contributed by atoms with Crippen LogP contribution in [0.3, 0.4) is 0 Å². The Morgan fingerprint density at radius 1 is 1.08 bits per heavy atom. The average Bonchev–Trinajstić information content (AvgIpc) is 1.80. The molecule has 0 unspecified atom stereocenters. The molecule has 0 radical (unpaired) electrons. The summed E-state index contributed by atoms with van der Waals surface area (Å²) in [5.74, 6) is 1.53. The maximum Gasteiger partial charge on any atom is 0.459 e. The van der Waals surface area contributed by atoms with Crippen molar-refractivity contribution in [3.05, 3.63) is 24.7 Å². The zero-order chi connectivity index (χ0) is 9.19. The fourth-order valence-corrected chi connectivity index (χ4v) is 3.98. The van der Waals surface area contributed by atoms with Crippen LogP contribution in [0.4, 0.5) is 0 Å². The summed E-state index contributed by atoms with van der Waals surface area (Å²) in [5, 5.41) is 0. The lowest BCUT2D eigenvalue weighted by Crippen LogP contribution is -2.47. The van der Waals surface area contributed by atoms with E-state index in [0.717, 1.165) is 23.6 Å². The van der Waals surface area contributed by atoms with Gasteiger partial charge in [0.1, 0.15) is 0 Å². The quantitative estimate of drug-likeness (QED) is 0.494. The number of allylic oxidation sites excluding steroid dienone is 2. The standard InChI is InChI=1S/C9H16O2Si/c1-8(2)10-12(6-5-7-12)11-9(3)4/h1,3,5-7H2,2,4H3. The van der Waals surface area contributed by atoms with Crippen LogP contribution in [0.1, 0.15) is 20.3 Å². The van der Waals surface area contributed by atoms with Gasteiger partial charge in [-0.3, -0.25) is 0 Å². The van der Waals surface area contributed by atoms with Gasteiger partial charge in [0.25, 0.3) is 0 Å². The van der Waals surface area contributed by atoms with Crippen LogP contribution in [0.2, 0.25) is 12.1 Å². The van der Waals surface area contributed by atoms with Crippen molar-refractivity contribution in [1.29, 1.82) is 0 Å². The highest BCUT2D eigenvalue weighted by Gasteiger charge is 2.48. The Balaban J connectivity index is 2.50. The first kappa shape index (κ1) is 9.39. The minimum Gasteiger partial charge on any atom is -0.517 e. The van der Waals surface area contributed by atoms with Crippen molar-refractivity contribution in [3.63, 3.8) is 0 Å². The van der Waals surface area contributed by atoms with Gasteiger partial charge in [-0.15, -0.1) is 0 Å². The molecular weight excluding hydrogens is 168 g/mol. The van der Waals surface area contributed by atoms with E-state index in [0.29, 0.717) is 0 Å². The Bertz CT molecular complexity index is 189. The number of hydrogen-bond acceptors (Lipinski definition) is 2. The number of hydrogen-bond donors (Lipinski definition) is 0. The minimum absolute atomic E-state index is 0.766. The molecule has 1 saturated heterocycles. The molecule has 1 aliphatic rings. The first-order chi connectivity index (χ1) is 5.54. The molecular formula is C9H16O2Si. The van der Waals surface area contributed by atoms with Gasteiger partial charge >= 0.3 is 8.56 Å².